The Labute approximate surface area is 115 Å². The Morgan fingerprint density at radius 1 is 1.17 bits per heavy atom. The number of nitrogens with zero attached hydrogens (tertiary/aromatic N) is 1. The smallest absolute Gasteiger partial charge is 0.264 e. The van der Waals surface area contributed by atoms with Crippen molar-refractivity contribution in [1.82, 2.24) is 10.2 Å². The normalized spacial score (nSPS) is 10.9. The van der Waals surface area contributed by atoms with E-state index in [1.165, 1.54) is 6.07 Å². The van der Waals surface area contributed by atoms with Gasteiger partial charge in [-0.25, -0.2) is 5.10 Å². The van der Waals surface area contributed by atoms with Crippen LogP contribution in [0.3, 0.4) is 0 Å². The monoisotopic (exact) mass is 282 g/mol. The van der Waals surface area contributed by atoms with E-state index < -0.39 is 0 Å². The zero-order chi connectivity index (χ0) is 13.3. The molecule has 1 aromatic heterocycles. The van der Waals surface area contributed by atoms with Crippen molar-refractivity contribution in [1.29, 1.82) is 0 Å². The highest BCUT2D eigenvalue weighted by Crippen LogP contribution is 2.35. The van der Waals surface area contributed by atoms with Crippen LogP contribution in [0, 0.1) is 0 Å². The summed E-state index contributed by atoms with van der Waals surface area (Å²) in [6.45, 7) is 4.07. The summed E-state index contributed by atoms with van der Waals surface area (Å²) < 4.78 is 0. The van der Waals surface area contributed by atoms with Gasteiger partial charge in [0.2, 0.25) is 0 Å². The van der Waals surface area contributed by atoms with Crippen LogP contribution in [-0.2, 0) is 0 Å². The molecule has 94 valence electrons. The summed E-state index contributed by atoms with van der Waals surface area (Å²) in [5.41, 5.74) is 2.10. The fourth-order valence-corrected chi connectivity index (χ4v) is 2.71. The van der Waals surface area contributed by atoms with Gasteiger partial charge in [-0.05, 0) is 29.7 Å². The van der Waals surface area contributed by atoms with Gasteiger partial charge in [-0.1, -0.05) is 37.0 Å². The molecule has 0 fully saturated rings. The second-order valence-corrected chi connectivity index (χ2v) is 5.13. The lowest BCUT2D eigenvalue weighted by molar-refractivity contribution is 0.867. The minimum Gasteiger partial charge on any atom is -0.268 e. The van der Waals surface area contributed by atoms with Crippen molar-refractivity contribution in [3.8, 4) is 11.3 Å². The molecule has 2 aromatic rings. The third kappa shape index (κ3) is 2.57. The van der Waals surface area contributed by atoms with Crippen LogP contribution in [0.25, 0.3) is 11.3 Å². The molecule has 0 saturated carbocycles. The van der Waals surface area contributed by atoms with Crippen molar-refractivity contribution >= 4 is 23.2 Å². The van der Waals surface area contributed by atoms with Crippen molar-refractivity contribution in [3.05, 3.63) is 50.2 Å². The Hall–Kier alpha value is -1.32. The van der Waals surface area contributed by atoms with Gasteiger partial charge in [-0.2, -0.15) is 5.10 Å². The molecule has 0 aliphatic carbocycles. The lowest BCUT2D eigenvalue weighted by Gasteiger charge is -2.12. The molecular weight excluding hydrogens is 271 g/mol. The first-order chi connectivity index (χ1) is 8.49. The lowest BCUT2D eigenvalue weighted by Crippen LogP contribution is -2.05. The van der Waals surface area contributed by atoms with Gasteiger partial charge in [0.15, 0.2) is 0 Å². The van der Waals surface area contributed by atoms with E-state index in [0.717, 1.165) is 11.1 Å². The van der Waals surface area contributed by atoms with Gasteiger partial charge in [0.1, 0.15) is 0 Å². The third-order valence-electron chi connectivity index (χ3n) is 2.63. The molecule has 1 heterocycles. The van der Waals surface area contributed by atoms with Crippen LogP contribution in [-0.4, -0.2) is 10.2 Å². The molecule has 18 heavy (non-hydrogen) atoms. The topological polar surface area (TPSA) is 45.8 Å². The van der Waals surface area contributed by atoms with Gasteiger partial charge < -0.3 is 0 Å². The maximum absolute atomic E-state index is 11.0. The number of aromatic nitrogens is 2. The summed E-state index contributed by atoms with van der Waals surface area (Å²) in [5.74, 6) is 0.252. The van der Waals surface area contributed by atoms with Gasteiger partial charge in [0.25, 0.3) is 5.56 Å². The van der Waals surface area contributed by atoms with Crippen LogP contribution in [0.1, 0.15) is 25.3 Å². The highest BCUT2D eigenvalue weighted by molar-refractivity contribution is 6.36. The van der Waals surface area contributed by atoms with Crippen LogP contribution in [0.2, 0.25) is 10.0 Å². The zero-order valence-corrected chi connectivity index (χ0v) is 11.5. The standard InChI is InChI=1S/C13H12Cl2N2O/c1-7(2)13-9(14)5-8(6-10(13)15)11-3-4-12(18)17-16-11/h3-7H,1-2H3,(H,17,18). The van der Waals surface area contributed by atoms with Crippen LogP contribution >= 0.6 is 23.2 Å². The van der Waals surface area contributed by atoms with Crippen molar-refractivity contribution in [2.24, 2.45) is 0 Å². The highest BCUT2D eigenvalue weighted by Gasteiger charge is 2.13. The molecule has 2 rings (SSSR count). The SMILES string of the molecule is CC(C)c1c(Cl)cc(-c2ccc(=O)[nH]n2)cc1Cl. The van der Waals surface area contributed by atoms with Crippen molar-refractivity contribution < 1.29 is 0 Å². The maximum atomic E-state index is 11.0. The molecule has 0 bridgehead atoms. The first-order valence-corrected chi connectivity index (χ1v) is 6.29. The Kier molecular flexibility index (Phi) is 3.73. The minimum atomic E-state index is -0.241. The van der Waals surface area contributed by atoms with Crippen molar-refractivity contribution in [2.75, 3.05) is 0 Å². The molecule has 0 saturated heterocycles. The molecule has 0 amide bonds. The van der Waals surface area contributed by atoms with Crippen molar-refractivity contribution in [3.63, 3.8) is 0 Å². The quantitative estimate of drug-likeness (QED) is 0.909. The molecule has 1 N–H and O–H groups in total. The average Bonchev–Trinajstić information content (AvgIpc) is 2.28. The Morgan fingerprint density at radius 2 is 1.78 bits per heavy atom. The number of benzene rings is 1. The lowest BCUT2D eigenvalue weighted by atomic mass is 10.0. The number of rotatable bonds is 2. The fourth-order valence-electron chi connectivity index (χ4n) is 1.79. The highest BCUT2D eigenvalue weighted by atomic mass is 35.5. The predicted octanol–water partition coefficient (Wildman–Crippen LogP) is 3.87. The molecule has 0 atom stereocenters. The molecule has 5 heteroatoms. The molecule has 0 aliphatic rings. The summed E-state index contributed by atoms with van der Waals surface area (Å²) in [4.78, 5) is 11.0. The summed E-state index contributed by atoms with van der Waals surface area (Å²) in [7, 11) is 0. The van der Waals surface area contributed by atoms with Crippen LogP contribution < -0.4 is 5.56 Å². The molecular formula is C13H12Cl2N2O. The van der Waals surface area contributed by atoms with Gasteiger partial charge in [0, 0.05) is 21.7 Å². The van der Waals surface area contributed by atoms with E-state index >= 15 is 0 Å². The number of aromatic amines is 1. The first-order valence-electron chi connectivity index (χ1n) is 5.54. The number of hydrogen-bond acceptors (Lipinski definition) is 2. The molecule has 1 aromatic carbocycles. The third-order valence-corrected chi connectivity index (χ3v) is 3.26. The summed E-state index contributed by atoms with van der Waals surface area (Å²) >= 11 is 12.5. The van der Waals surface area contributed by atoms with E-state index in [9.17, 15) is 4.79 Å². The molecule has 0 unspecified atom stereocenters. The van der Waals surface area contributed by atoms with Crippen LogP contribution in [0.15, 0.2) is 29.1 Å². The number of hydrogen-bond donors (Lipinski definition) is 1. The second-order valence-electron chi connectivity index (χ2n) is 4.31. The van der Waals surface area contributed by atoms with Crippen LogP contribution in [0.4, 0.5) is 0 Å². The molecule has 0 spiro atoms. The van der Waals surface area contributed by atoms with E-state index in [1.807, 2.05) is 26.0 Å². The van der Waals surface area contributed by atoms with E-state index in [2.05, 4.69) is 10.2 Å². The Balaban J connectivity index is 2.54. The van der Waals surface area contributed by atoms with E-state index in [1.54, 1.807) is 6.07 Å². The van der Waals surface area contributed by atoms with E-state index in [0.29, 0.717) is 15.7 Å². The maximum Gasteiger partial charge on any atom is 0.264 e. The predicted molar refractivity (Wildman–Crippen MR) is 74.4 cm³/mol. The van der Waals surface area contributed by atoms with Crippen LogP contribution in [0.5, 0.6) is 0 Å². The zero-order valence-electron chi connectivity index (χ0n) is 10.00. The second kappa shape index (κ2) is 5.12. The van der Waals surface area contributed by atoms with Gasteiger partial charge >= 0.3 is 0 Å². The molecule has 0 radical (unpaired) electrons. The van der Waals surface area contributed by atoms with E-state index in [4.69, 9.17) is 23.2 Å². The number of nitrogens with one attached hydrogen (secondary N) is 1. The largest absolute Gasteiger partial charge is 0.268 e. The average molecular weight is 283 g/mol. The molecule has 0 aliphatic heterocycles. The van der Waals surface area contributed by atoms with Gasteiger partial charge in [0.05, 0.1) is 5.69 Å². The van der Waals surface area contributed by atoms with Gasteiger partial charge in [-0.15, -0.1) is 0 Å². The fraction of sp³-hybridized carbons (Fsp3) is 0.231. The minimum absolute atomic E-state index is 0.241. The summed E-state index contributed by atoms with van der Waals surface area (Å²) in [6.07, 6.45) is 0. The van der Waals surface area contributed by atoms with Gasteiger partial charge in [-0.3, -0.25) is 4.79 Å². The Morgan fingerprint density at radius 3 is 2.22 bits per heavy atom. The number of H-pyrrole nitrogens is 1. The summed E-state index contributed by atoms with van der Waals surface area (Å²) in [5, 5.41) is 7.56. The first kappa shape index (κ1) is 13.1. The van der Waals surface area contributed by atoms with E-state index in [-0.39, 0.29) is 11.5 Å². The summed E-state index contributed by atoms with van der Waals surface area (Å²) in [6, 6.07) is 6.67. The Bertz CT molecular complexity index is 592. The van der Waals surface area contributed by atoms with Crippen molar-refractivity contribution in [2.45, 2.75) is 19.8 Å². The molecule has 3 nitrogen and oxygen atoms in total. The number of halogens is 2.